The van der Waals surface area contributed by atoms with Gasteiger partial charge in [-0.05, 0) is 74.6 Å². The van der Waals surface area contributed by atoms with Crippen LogP contribution in [0.3, 0.4) is 0 Å². The quantitative estimate of drug-likeness (QED) is 0.338. The van der Waals surface area contributed by atoms with Crippen molar-refractivity contribution >= 4 is 17.2 Å². The number of hydrogen-bond acceptors (Lipinski definition) is 6. The molecule has 1 N–H and O–H groups in total. The molecule has 36 heavy (non-hydrogen) atoms. The highest BCUT2D eigenvalue weighted by Crippen LogP contribution is 2.39. The van der Waals surface area contributed by atoms with E-state index in [0.29, 0.717) is 16.9 Å². The van der Waals surface area contributed by atoms with Crippen LogP contribution >= 0.6 is 11.3 Å². The van der Waals surface area contributed by atoms with Crippen LogP contribution in [-0.2, 0) is 6.42 Å². The summed E-state index contributed by atoms with van der Waals surface area (Å²) < 4.78 is 5.74. The number of hydrogen-bond donors (Lipinski definition) is 1. The van der Waals surface area contributed by atoms with Gasteiger partial charge in [0.05, 0.1) is 17.7 Å². The fourth-order valence-corrected chi connectivity index (χ4v) is 5.48. The lowest BCUT2D eigenvalue weighted by Gasteiger charge is -2.27. The van der Waals surface area contributed by atoms with Crippen molar-refractivity contribution in [2.75, 3.05) is 0 Å². The van der Waals surface area contributed by atoms with Crippen molar-refractivity contribution < 1.29 is 9.53 Å². The molecule has 0 bridgehead atoms. The largest absolute Gasteiger partial charge is 0.490 e. The lowest BCUT2D eigenvalue weighted by molar-refractivity contribution is 0.0932. The highest BCUT2D eigenvalue weighted by molar-refractivity contribution is 7.17. The van der Waals surface area contributed by atoms with Crippen molar-refractivity contribution in [3.63, 3.8) is 0 Å². The van der Waals surface area contributed by atoms with Crippen molar-refractivity contribution in [1.82, 2.24) is 15.5 Å². The van der Waals surface area contributed by atoms with Gasteiger partial charge in [0, 0.05) is 16.7 Å². The number of carbonyl (C=O) groups is 1. The molecule has 4 aromatic rings. The van der Waals surface area contributed by atoms with Gasteiger partial charge in [-0.25, -0.2) is 0 Å². The summed E-state index contributed by atoms with van der Waals surface area (Å²) in [5, 5.41) is 23.3. The van der Waals surface area contributed by atoms with Crippen LogP contribution in [-0.4, -0.2) is 22.2 Å². The summed E-state index contributed by atoms with van der Waals surface area (Å²) in [6, 6.07) is 23.2. The maximum atomic E-state index is 12.8. The first kappa shape index (κ1) is 23.7. The van der Waals surface area contributed by atoms with E-state index in [9.17, 15) is 10.1 Å². The molecule has 1 heterocycles. The standard InChI is InChI=1S/C29H26N4O2S/c1-18(2)35-26-15-14-20(16-21(26)17-30)28-32-33-29(36-28)24-12-6-11-23-22(24)10-7-13-25(23)31-27(34)19-8-4-3-5-9-19/h3-6,8-9,11-12,14-16,18,25H,7,10,13H2,1-2H3,(H,31,34)/t25-/m0/s1. The van der Waals surface area contributed by atoms with Gasteiger partial charge in [0.25, 0.3) is 5.91 Å². The van der Waals surface area contributed by atoms with E-state index in [0.717, 1.165) is 46.0 Å². The van der Waals surface area contributed by atoms with Gasteiger partial charge in [-0.3, -0.25) is 4.79 Å². The van der Waals surface area contributed by atoms with E-state index < -0.39 is 0 Å². The zero-order valence-electron chi connectivity index (χ0n) is 20.2. The van der Waals surface area contributed by atoms with Gasteiger partial charge in [-0.2, -0.15) is 5.26 Å². The Labute approximate surface area is 214 Å². The Morgan fingerprint density at radius 2 is 1.89 bits per heavy atom. The summed E-state index contributed by atoms with van der Waals surface area (Å²) >= 11 is 1.50. The number of aromatic nitrogens is 2. The van der Waals surface area contributed by atoms with Gasteiger partial charge in [0.1, 0.15) is 21.8 Å². The van der Waals surface area contributed by atoms with Crippen molar-refractivity contribution in [1.29, 1.82) is 5.26 Å². The molecule has 1 atom stereocenters. The lowest BCUT2D eigenvalue weighted by atomic mass is 9.85. The molecule has 1 amide bonds. The van der Waals surface area contributed by atoms with E-state index in [1.165, 1.54) is 16.9 Å². The summed E-state index contributed by atoms with van der Waals surface area (Å²) in [7, 11) is 0. The molecule has 7 heteroatoms. The molecule has 1 aromatic heterocycles. The SMILES string of the molecule is CC(C)Oc1ccc(-c2nnc(-c3cccc4c3CCC[C@@H]4NC(=O)c3ccccc3)s2)cc1C#N. The van der Waals surface area contributed by atoms with Crippen LogP contribution in [0.4, 0.5) is 0 Å². The van der Waals surface area contributed by atoms with E-state index in [4.69, 9.17) is 4.74 Å². The number of nitrogens with one attached hydrogen (secondary N) is 1. The number of fused-ring (bicyclic) bond motifs is 1. The predicted octanol–water partition coefficient (Wildman–Crippen LogP) is 6.34. The first-order valence-electron chi connectivity index (χ1n) is 12.1. The summed E-state index contributed by atoms with van der Waals surface area (Å²) in [5.74, 6) is 0.511. The van der Waals surface area contributed by atoms with E-state index in [2.05, 4.69) is 33.7 Å². The first-order valence-corrected chi connectivity index (χ1v) is 12.9. The summed E-state index contributed by atoms with van der Waals surface area (Å²) in [4.78, 5) is 12.8. The zero-order valence-corrected chi connectivity index (χ0v) is 21.0. The van der Waals surface area contributed by atoms with Crippen LogP contribution in [0.1, 0.15) is 59.8 Å². The topological polar surface area (TPSA) is 87.9 Å². The van der Waals surface area contributed by atoms with Gasteiger partial charge in [-0.1, -0.05) is 47.7 Å². The maximum Gasteiger partial charge on any atom is 0.251 e. The van der Waals surface area contributed by atoms with Crippen LogP contribution in [0.25, 0.3) is 21.1 Å². The third kappa shape index (κ3) is 4.86. The molecular weight excluding hydrogens is 468 g/mol. The van der Waals surface area contributed by atoms with Crippen molar-refractivity contribution in [3.05, 3.63) is 89.0 Å². The number of rotatable bonds is 6. The first-order chi connectivity index (χ1) is 17.5. The normalized spacial score (nSPS) is 14.7. The molecule has 180 valence electrons. The number of benzene rings is 3. The minimum absolute atomic E-state index is 0.0124. The smallest absolute Gasteiger partial charge is 0.251 e. The predicted molar refractivity (Wildman–Crippen MR) is 141 cm³/mol. The molecule has 1 aliphatic rings. The molecule has 3 aromatic carbocycles. The molecule has 5 rings (SSSR count). The fraction of sp³-hybridized carbons (Fsp3) is 0.241. The lowest BCUT2D eigenvalue weighted by Crippen LogP contribution is -2.31. The Hall–Kier alpha value is -4.02. The molecule has 0 unspecified atom stereocenters. The molecule has 0 radical (unpaired) electrons. The molecule has 0 spiro atoms. The number of amides is 1. The van der Waals surface area contributed by atoms with Crippen LogP contribution < -0.4 is 10.1 Å². The van der Waals surface area contributed by atoms with Crippen LogP contribution in [0.2, 0.25) is 0 Å². The van der Waals surface area contributed by atoms with Crippen molar-refractivity contribution in [2.45, 2.75) is 45.3 Å². The molecule has 0 saturated heterocycles. The highest BCUT2D eigenvalue weighted by Gasteiger charge is 2.25. The van der Waals surface area contributed by atoms with Crippen LogP contribution in [0.5, 0.6) is 5.75 Å². The molecule has 6 nitrogen and oxygen atoms in total. The van der Waals surface area contributed by atoms with Crippen molar-refractivity contribution in [3.8, 4) is 33.0 Å². The summed E-state index contributed by atoms with van der Waals surface area (Å²) in [6.07, 6.45) is 2.80. The Morgan fingerprint density at radius 1 is 1.08 bits per heavy atom. The molecule has 0 saturated carbocycles. The minimum atomic E-state index is -0.0600. The average molecular weight is 495 g/mol. The third-order valence-corrected chi connectivity index (χ3v) is 7.22. The molecule has 1 aliphatic carbocycles. The number of carbonyl (C=O) groups excluding carboxylic acids is 1. The molecule has 0 fully saturated rings. The second-order valence-corrected chi connectivity index (χ2v) is 10.0. The minimum Gasteiger partial charge on any atom is -0.490 e. The summed E-state index contributed by atoms with van der Waals surface area (Å²) in [5.41, 5.74) is 5.38. The van der Waals surface area contributed by atoms with Gasteiger partial charge >= 0.3 is 0 Å². The number of nitrogens with zero attached hydrogens (tertiary/aromatic N) is 3. The Bertz CT molecular complexity index is 1440. The van der Waals surface area contributed by atoms with E-state index in [1.807, 2.05) is 62.4 Å². The van der Waals surface area contributed by atoms with Crippen LogP contribution in [0, 0.1) is 11.3 Å². The third-order valence-electron chi connectivity index (χ3n) is 6.21. The maximum absolute atomic E-state index is 12.8. The second-order valence-electron chi connectivity index (χ2n) is 9.06. The molecular formula is C29H26N4O2S. The average Bonchev–Trinajstić information content (AvgIpc) is 3.39. The number of ether oxygens (including phenoxy) is 1. The van der Waals surface area contributed by atoms with E-state index in [-0.39, 0.29) is 18.1 Å². The van der Waals surface area contributed by atoms with Gasteiger partial charge in [0.2, 0.25) is 0 Å². The highest BCUT2D eigenvalue weighted by atomic mass is 32.1. The van der Waals surface area contributed by atoms with Crippen molar-refractivity contribution in [2.24, 2.45) is 0 Å². The summed E-state index contributed by atoms with van der Waals surface area (Å²) in [6.45, 7) is 3.87. The van der Waals surface area contributed by atoms with Gasteiger partial charge in [-0.15, -0.1) is 10.2 Å². The van der Waals surface area contributed by atoms with Gasteiger partial charge in [0.15, 0.2) is 0 Å². The second kappa shape index (κ2) is 10.3. The Kier molecular flexibility index (Phi) is 6.79. The fourth-order valence-electron chi connectivity index (χ4n) is 4.59. The molecule has 0 aliphatic heterocycles. The Balaban J connectivity index is 1.43. The van der Waals surface area contributed by atoms with Crippen LogP contribution in [0.15, 0.2) is 66.7 Å². The van der Waals surface area contributed by atoms with E-state index >= 15 is 0 Å². The number of nitriles is 1. The monoisotopic (exact) mass is 494 g/mol. The van der Waals surface area contributed by atoms with E-state index in [1.54, 1.807) is 6.07 Å². The van der Waals surface area contributed by atoms with Gasteiger partial charge < -0.3 is 10.1 Å². The zero-order chi connectivity index (χ0) is 25.1. The Morgan fingerprint density at radius 3 is 2.67 bits per heavy atom.